The average molecular weight is 324 g/mol. The number of nitrogens with zero attached hydrogens (tertiary/aromatic N) is 2. The summed E-state index contributed by atoms with van der Waals surface area (Å²) in [6, 6.07) is 4.18. The maximum Gasteiger partial charge on any atom is 0.416 e. The third-order valence-corrected chi connectivity index (χ3v) is 2.91. The molecule has 0 aliphatic carbocycles. The van der Waals surface area contributed by atoms with Crippen LogP contribution in [0.15, 0.2) is 36.7 Å². The van der Waals surface area contributed by atoms with E-state index in [0.717, 1.165) is 25.1 Å². The van der Waals surface area contributed by atoms with E-state index in [2.05, 4.69) is 20.6 Å². The summed E-state index contributed by atoms with van der Waals surface area (Å²) in [7, 11) is 0. The predicted octanol–water partition coefficient (Wildman–Crippen LogP) is 3.57. The van der Waals surface area contributed by atoms with Crippen molar-refractivity contribution in [3.05, 3.63) is 47.9 Å². The second kappa shape index (κ2) is 7.08. The number of amides is 1. The molecule has 1 heterocycles. The Morgan fingerprint density at radius 3 is 2.35 bits per heavy atom. The lowest BCUT2D eigenvalue weighted by Crippen LogP contribution is -2.15. The fourth-order valence-corrected chi connectivity index (χ4v) is 1.73. The number of hydrogen-bond acceptors (Lipinski definition) is 4. The molecule has 0 saturated carbocycles. The average Bonchev–Trinajstić information content (AvgIpc) is 2.53. The van der Waals surface area contributed by atoms with Crippen molar-refractivity contribution in [2.24, 2.45) is 0 Å². The lowest BCUT2D eigenvalue weighted by Gasteiger charge is -2.09. The third kappa shape index (κ3) is 4.67. The van der Waals surface area contributed by atoms with Gasteiger partial charge in [-0.05, 0) is 30.7 Å². The van der Waals surface area contributed by atoms with Gasteiger partial charge in [0.15, 0.2) is 0 Å². The Morgan fingerprint density at radius 1 is 1.13 bits per heavy atom. The van der Waals surface area contributed by atoms with Crippen LogP contribution >= 0.6 is 0 Å². The zero-order chi connectivity index (χ0) is 16.9. The Morgan fingerprint density at radius 2 is 1.83 bits per heavy atom. The molecule has 1 aromatic heterocycles. The van der Waals surface area contributed by atoms with Gasteiger partial charge in [0.2, 0.25) is 0 Å². The first-order valence-electron chi connectivity index (χ1n) is 6.94. The first kappa shape index (κ1) is 16.7. The highest BCUT2D eigenvalue weighted by atomic mass is 19.4. The van der Waals surface area contributed by atoms with Crippen molar-refractivity contribution in [1.82, 2.24) is 9.97 Å². The molecule has 2 aromatic rings. The molecule has 0 aliphatic rings. The lowest BCUT2D eigenvalue weighted by atomic mass is 10.2. The van der Waals surface area contributed by atoms with Crippen molar-refractivity contribution < 1.29 is 18.0 Å². The molecule has 0 spiro atoms. The summed E-state index contributed by atoms with van der Waals surface area (Å²) in [4.78, 5) is 20.0. The Hall–Kier alpha value is -2.64. The third-order valence-electron chi connectivity index (χ3n) is 2.91. The van der Waals surface area contributed by atoms with Gasteiger partial charge in [0.05, 0.1) is 18.0 Å². The van der Waals surface area contributed by atoms with E-state index in [0.29, 0.717) is 5.82 Å². The van der Waals surface area contributed by atoms with Gasteiger partial charge < -0.3 is 10.6 Å². The molecule has 5 nitrogen and oxygen atoms in total. The van der Waals surface area contributed by atoms with Gasteiger partial charge >= 0.3 is 6.18 Å². The van der Waals surface area contributed by atoms with Crippen molar-refractivity contribution in [3.63, 3.8) is 0 Å². The number of aromatic nitrogens is 2. The molecule has 0 unspecified atom stereocenters. The molecular formula is C15H15F3N4O. The van der Waals surface area contributed by atoms with E-state index in [-0.39, 0.29) is 11.4 Å². The van der Waals surface area contributed by atoms with Crippen LogP contribution in [0.5, 0.6) is 0 Å². The molecule has 0 bridgehead atoms. The van der Waals surface area contributed by atoms with E-state index >= 15 is 0 Å². The van der Waals surface area contributed by atoms with E-state index in [1.165, 1.54) is 24.5 Å². The second-order valence-electron chi connectivity index (χ2n) is 4.74. The minimum atomic E-state index is -4.41. The largest absolute Gasteiger partial charge is 0.416 e. The molecule has 0 aliphatic heterocycles. The number of anilines is 2. The fourth-order valence-electron chi connectivity index (χ4n) is 1.73. The van der Waals surface area contributed by atoms with Crippen LogP contribution in [0.3, 0.4) is 0 Å². The van der Waals surface area contributed by atoms with Crippen molar-refractivity contribution in [1.29, 1.82) is 0 Å². The van der Waals surface area contributed by atoms with E-state index in [9.17, 15) is 18.0 Å². The monoisotopic (exact) mass is 324 g/mol. The highest BCUT2D eigenvalue weighted by Crippen LogP contribution is 2.29. The van der Waals surface area contributed by atoms with Gasteiger partial charge in [0.25, 0.3) is 5.91 Å². The van der Waals surface area contributed by atoms with Crippen molar-refractivity contribution in [3.8, 4) is 0 Å². The summed E-state index contributed by atoms with van der Waals surface area (Å²) in [5, 5.41) is 5.49. The number of benzene rings is 1. The van der Waals surface area contributed by atoms with Crippen molar-refractivity contribution in [2.75, 3.05) is 17.2 Å². The Labute approximate surface area is 131 Å². The van der Waals surface area contributed by atoms with Crippen molar-refractivity contribution >= 4 is 17.4 Å². The van der Waals surface area contributed by atoms with E-state index in [4.69, 9.17) is 0 Å². The predicted molar refractivity (Wildman–Crippen MR) is 80.2 cm³/mol. The molecule has 0 saturated heterocycles. The standard InChI is InChI=1S/C15H15F3N4O/c1-2-7-19-13-9-20-12(8-21-13)14(23)22-11-5-3-10(4-6-11)15(16,17)18/h3-6,8-9H,2,7H2,1H3,(H,19,21)(H,22,23). The molecule has 2 rings (SSSR count). The van der Waals surface area contributed by atoms with Crippen LogP contribution in [0.2, 0.25) is 0 Å². The minimum absolute atomic E-state index is 0.0759. The number of rotatable bonds is 5. The highest BCUT2D eigenvalue weighted by Gasteiger charge is 2.30. The molecular weight excluding hydrogens is 309 g/mol. The quantitative estimate of drug-likeness (QED) is 0.882. The van der Waals surface area contributed by atoms with Crippen LogP contribution in [0.4, 0.5) is 24.7 Å². The molecule has 0 radical (unpaired) electrons. The summed E-state index contributed by atoms with van der Waals surface area (Å²) in [5.74, 6) is 0.0113. The summed E-state index contributed by atoms with van der Waals surface area (Å²) in [6.45, 7) is 2.75. The number of nitrogens with one attached hydrogen (secondary N) is 2. The number of halogens is 3. The molecule has 8 heteroatoms. The van der Waals surface area contributed by atoms with E-state index < -0.39 is 17.6 Å². The zero-order valence-electron chi connectivity index (χ0n) is 12.3. The van der Waals surface area contributed by atoms with Gasteiger partial charge in [-0.25, -0.2) is 9.97 Å². The van der Waals surface area contributed by atoms with Crippen LogP contribution in [0.25, 0.3) is 0 Å². The smallest absolute Gasteiger partial charge is 0.369 e. The van der Waals surface area contributed by atoms with Crippen LogP contribution in [0, 0.1) is 0 Å². The number of alkyl halides is 3. The van der Waals surface area contributed by atoms with Gasteiger partial charge in [-0.3, -0.25) is 4.79 Å². The Balaban J connectivity index is 2.01. The molecule has 122 valence electrons. The second-order valence-corrected chi connectivity index (χ2v) is 4.74. The number of carbonyl (C=O) groups excluding carboxylic acids is 1. The first-order valence-corrected chi connectivity index (χ1v) is 6.94. The van der Waals surface area contributed by atoms with Gasteiger partial charge in [-0.1, -0.05) is 6.92 Å². The molecule has 1 aromatic carbocycles. The van der Waals surface area contributed by atoms with Gasteiger partial charge in [0.1, 0.15) is 11.5 Å². The van der Waals surface area contributed by atoms with Crippen molar-refractivity contribution in [2.45, 2.75) is 19.5 Å². The summed E-state index contributed by atoms with van der Waals surface area (Å²) in [5.41, 5.74) is -0.452. The summed E-state index contributed by atoms with van der Waals surface area (Å²) < 4.78 is 37.4. The minimum Gasteiger partial charge on any atom is -0.369 e. The fraction of sp³-hybridized carbons (Fsp3) is 0.267. The maximum absolute atomic E-state index is 12.5. The zero-order valence-corrected chi connectivity index (χ0v) is 12.3. The molecule has 2 N–H and O–H groups in total. The topological polar surface area (TPSA) is 66.9 Å². The van der Waals surface area contributed by atoms with Gasteiger partial charge in [0, 0.05) is 12.2 Å². The lowest BCUT2D eigenvalue weighted by molar-refractivity contribution is -0.137. The van der Waals surface area contributed by atoms with Crippen LogP contribution in [0.1, 0.15) is 29.4 Å². The molecule has 23 heavy (non-hydrogen) atoms. The maximum atomic E-state index is 12.5. The van der Waals surface area contributed by atoms with Crippen LogP contribution < -0.4 is 10.6 Å². The molecule has 0 atom stereocenters. The normalized spacial score (nSPS) is 11.1. The highest BCUT2D eigenvalue weighted by molar-refractivity contribution is 6.02. The van der Waals surface area contributed by atoms with Gasteiger partial charge in [-0.15, -0.1) is 0 Å². The number of hydrogen-bond donors (Lipinski definition) is 2. The number of carbonyl (C=O) groups is 1. The molecule has 1 amide bonds. The van der Waals surface area contributed by atoms with E-state index in [1.54, 1.807) is 0 Å². The van der Waals surface area contributed by atoms with E-state index in [1.807, 2.05) is 6.92 Å². The first-order chi connectivity index (χ1) is 10.9. The summed E-state index contributed by atoms with van der Waals surface area (Å²) in [6.07, 6.45) is -0.748. The Bertz CT molecular complexity index is 654. The summed E-state index contributed by atoms with van der Waals surface area (Å²) >= 11 is 0. The van der Waals surface area contributed by atoms with Gasteiger partial charge in [-0.2, -0.15) is 13.2 Å². The van der Waals surface area contributed by atoms with Crippen LogP contribution in [-0.4, -0.2) is 22.4 Å². The Kier molecular flexibility index (Phi) is 5.15. The van der Waals surface area contributed by atoms with Crippen LogP contribution in [-0.2, 0) is 6.18 Å². The SMILES string of the molecule is CCCNc1cnc(C(=O)Nc2ccc(C(F)(F)F)cc2)cn1. The molecule has 0 fully saturated rings.